The third-order valence-corrected chi connectivity index (χ3v) is 1.96. The average Bonchev–Trinajstić information content (AvgIpc) is 2.50. The number of nitrogens with one attached hydrogen (secondary N) is 2. The Labute approximate surface area is 72.9 Å². The number of aliphatic carboxylic acids is 1. The molecule has 1 aromatic heterocycles. The van der Waals surface area contributed by atoms with Gasteiger partial charge in [-0.15, -0.1) is 0 Å². The molecule has 0 saturated heterocycles. The number of hydrogen-bond donors (Lipinski definition) is 3. The first-order valence-corrected chi connectivity index (χ1v) is 3.75. The van der Waals surface area contributed by atoms with Crippen molar-refractivity contribution in [3.8, 4) is 0 Å². The van der Waals surface area contributed by atoms with E-state index in [9.17, 15) is 4.79 Å². The van der Waals surface area contributed by atoms with Crippen molar-refractivity contribution < 1.29 is 9.90 Å². The highest BCUT2D eigenvalue weighted by molar-refractivity contribution is 6.40. The van der Waals surface area contributed by atoms with E-state index in [-0.39, 0.29) is 11.3 Å². The monoisotopic (exact) mass is 177 g/mol. The van der Waals surface area contributed by atoms with Crippen LogP contribution >= 0.6 is 0 Å². The van der Waals surface area contributed by atoms with Gasteiger partial charge in [0.1, 0.15) is 5.57 Å². The molecule has 0 aliphatic heterocycles. The Hall–Kier alpha value is -1.91. The Kier molecular flexibility index (Phi) is 1.51. The van der Waals surface area contributed by atoms with Crippen molar-refractivity contribution in [2.45, 2.75) is 6.42 Å². The number of rotatable bonds is 1. The first-order valence-electron chi connectivity index (χ1n) is 3.75. The number of nitrogens with zero attached hydrogens (tertiary/aromatic N) is 1. The molecule has 1 aliphatic carbocycles. The van der Waals surface area contributed by atoms with E-state index in [1.54, 1.807) is 12.3 Å². The Balaban J connectivity index is 2.89. The molecule has 13 heavy (non-hydrogen) atoms. The summed E-state index contributed by atoms with van der Waals surface area (Å²) in [5.41, 5.74) is 0.138. The number of aromatic nitrogens is 2. The molecule has 0 bridgehead atoms. The Morgan fingerprint density at radius 2 is 2.46 bits per heavy atom. The fourth-order valence-corrected chi connectivity index (χ4v) is 1.35. The highest BCUT2D eigenvalue weighted by atomic mass is 16.4. The zero-order valence-corrected chi connectivity index (χ0v) is 6.66. The van der Waals surface area contributed by atoms with Crippen LogP contribution in [0, 0.1) is 5.41 Å². The molecule has 0 atom stereocenters. The molecular formula is C8H7N3O2. The summed E-state index contributed by atoms with van der Waals surface area (Å²) >= 11 is 0. The zero-order chi connectivity index (χ0) is 9.42. The highest BCUT2D eigenvalue weighted by Gasteiger charge is 2.17. The van der Waals surface area contributed by atoms with Crippen LogP contribution in [0.4, 0.5) is 0 Å². The lowest BCUT2D eigenvalue weighted by Crippen LogP contribution is -2.34. The van der Waals surface area contributed by atoms with Crippen LogP contribution in [0.15, 0.2) is 6.20 Å². The van der Waals surface area contributed by atoms with E-state index in [1.807, 2.05) is 0 Å². The van der Waals surface area contributed by atoms with E-state index in [1.165, 1.54) is 0 Å². The number of carboxylic acids is 1. The Bertz CT molecular complexity index is 498. The van der Waals surface area contributed by atoms with Crippen LogP contribution in [0.1, 0.15) is 6.42 Å². The fraction of sp³-hybridized carbons (Fsp3) is 0.125. The lowest BCUT2D eigenvalue weighted by molar-refractivity contribution is -0.130. The number of carbonyl (C=O) groups is 1. The predicted octanol–water partition coefficient (Wildman–Crippen LogP) is -1.15. The number of H-pyrrole nitrogens is 1. The van der Waals surface area contributed by atoms with E-state index < -0.39 is 5.97 Å². The quantitative estimate of drug-likeness (QED) is 0.506. The largest absolute Gasteiger partial charge is 0.478 e. The van der Waals surface area contributed by atoms with Gasteiger partial charge in [-0.05, 0) is 0 Å². The standard InChI is InChI=1S/C8H7N3O2/c9-5-2-1-4-3-10-11-7(4)6(5)8(12)13/h1,3,9,11H,2H2,(H,12,13). The molecule has 5 heteroatoms. The summed E-state index contributed by atoms with van der Waals surface area (Å²) in [5.74, 6) is -1.08. The minimum Gasteiger partial charge on any atom is -0.478 e. The minimum absolute atomic E-state index is 0.0231. The van der Waals surface area contributed by atoms with Gasteiger partial charge in [-0.1, -0.05) is 6.08 Å². The molecule has 1 heterocycles. The van der Waals surface area contributed by atoms with Gasteiger partial charge in [0.05, 0.1) is 17.3 Å². The topological polar surface area (TPSA) is 89.8 Å². The van der Waals surface area contributed by atoms with Gasteiger partial charge in [-0.2, -0.15) is 5.10 Å². The second-order valence-corrected chi connectivity index (χ2v) is 2.77. The Morgan fingerprint density at radius 3 is 3.15 bits per heavy atom. The van der Waals surface area contributed by atoms with Gasteiger partial charge in [0.2, 0.25) is 0 Å². The van der Waals surface area contributed by atoms with E-state index in [0.29, 0.717) is 11.8 Å². The van der Waals surface area contributed by atoms with Gasteiger partial charge >= 0.3 is 5.97 Å². The SMILES string of the molecule is N=C1CC=c2cn[nH]c2=C1C(=O)O. The van der Waals surface area contributed by atoms with E-state index in [4.69, 9.17) is 10.5 Å². The van der Waals surface area contributed by atoms with Crippen LogP contribution < -0.4 is 10.6 Å². The third kappa shape index (κ3) is 1.05. The van der Waals surface area contributed by atoms with Gasteiger partial charge < -0.3 is 10.5 Å². The molecule has 66 valence electrons. The van der Waals surface area contributed by atoms with Gasteiger partial charge in [-0.3, -0.25) is 5.10 Å². The van der Waals surface area contributed by atoms with Crippen LogP contribution in [0.5, 0.6) is 0 Å². The van der Waals surface area contributed by atoms with Crippen molar-refractivity contribution in [3.63, 3.8) is 0 Å². The maximum Gasteiger partial charge on any atom is 0.339 e. The number of hydrogen-bond acceptors (Lipinski definition) is 3. The van der Waals surface area contributed by atoms with Gasteiger partial charge in [0.15, 0.2) is 0 Å². The van der Waals surface area contributed by atoms with Crippen LogP contribution in [0.3, 0.4) is 0 Å². The summed E-state index contributed by atoms with van der Waals surface area (Å²) in [6, 6.07) is 0. The van der Waals surface area contributed by atoms with Crippen LogP contribution in [-0.2, 0) is 4.79 Å². The molecule has 3 N–H and O–H groups in total. The summed E-state index contributed by atoms with van der Waals surface area (Å²) < 4.78 is 0. The fourth-order valence-electron chi connectivity index (χ4n) is 1.35. The molecule has 0 aromatic carbocycles. The molecule has 1 aliphatic rings. The molecule has 2 rings (SSSR count). The van der Waals surface area contributed by atoms with E-state index >= 15 is 0 Å². The number of aromatic amines is 1. The Morgan fingerprint density at radius 1 is 1.69 bits per heavy atom. The van der Waals surface area contributed by atoms with E-state index in [0.717, 1.165) is 5.22 Å². The normalized spacial score (nSPS) is 15.1. The molecule has 0 unspecified atom stereocenters. The summed E-state index contributed by atoms with van der Waals surface area (Å²) in [6.07, 6.45) is 3.70. The molecular weight excluding hydrogens is 170 g/mol. The van der Waals surface area contributed by atoms with Crippen LogP contribution in [-0.4, -0.2) is 27.0 Å². The molecule has 5 nitrogen and oxygen atoms in total. The van der Waals surface area contributed by atoms with Gasteiger partial charge in [0.25, 0.3) is 0 Å². The van der Waals surface area contributed by atoms with E-state index in [2.05, 4.69) is 10.2 Å². The lowest BCUT2D eigenvalue weighted by Gasteiger charge is -2.04. The van der Waals surface area contributed by atoms with Crippen molar-refractivity contribution in [2.24, 2.45) is 0 Å². The summed E-state index contributed by atoms with van der Waals surface area (Å²) in [6.45, 7) is 0. The second-order valence-electron chi connectivity index (χ2n) is 2.77. The molecule has 0 amide bonds. The first-order chi connectivity index (χ1) is 6.20. The summed E-state index contributed by atoms with van der Waals surface area (Å²) in [7, 11) is 0. The maximum atomic E-state index is 10.8. The van der Waals surface area contributed by atoms with Crippen LogP contribution in [0.2, 0.25) is 0 Å². The zero-order valence-electron chi connectivity index (χ0n) is 6.66. The van der Waals surface area contributed by atoms with Gasteiger partial charge in [0, 0.05) is 11.6 Å². The van der Waals surface area contributed by atoms with Gasteiger partial charge in [-0.25, -0.2) is 4.79 Å². The smallest absolute Gasteiger partial charge is 0.339 e. The molecule has 1 aromatic rings. The molecule has 0 radical (unpaired) electrons. The number of carboxylic acid groups (broad SMARTS) is 1. The van der Waals surface area contributed by atoms with Crippen molar-refractivity contribution >= 4 is 23.3 Å². The number of fused-ring (bicyclic) bond motifs is 1. The first kappa shape index (κ1) is 7.72. The second kappa shape index (κ2) is 2.55. The van der Waals surface area contributed by atoms with Crippen LogP contribution in [0.25, 0.3) is 11.6 Å². The minimum atomic E-state index is -1.08. The highest BCUT2D eigenvalue weighted by Crippen LogP contribution is 2.02. The summed E-state index contributed by atoms with van der Waals surface area (Å²) in [5, 5.41) is 23.8. The van der Waals surface area contributed by atoms with Crippen molar-refractivity contribution in [1.29, 1.82) is 5.41 Å². The average molecular weight is 177 g/mol. The molecule has 0 saturated carbocycles. The maximum absolute atomic E-state index is 10.8. The van der Waals surface area contributed by atoms with Crippen molar-refractivity contribution in [1.82, 2.24) is 10.2 Å². The lowest BCUT2D eigenvalue weighted by atomic mass is 10.0. The molecule has 0 spiro atoms. The predicted molar refractivity (Wildman–Crippen MR) is 45.7 cm³/mol. The third-order valence-electron chi connectivity index (χ3n) is 1.96. The van der Waals surface area contributed by atoms with Crippen molar-refractivity contribution in [3.05, 3.63) is 16.8 Å². The summed E-state index contributed by atoms with van der Waals surface area (Å²) in [4.78, 5) is 10.8. The van der Waals surface area contributed by atoms with Crippen molar-refractivity contribution in [2.75, 3.05) is 0 Å². The molecule has 0 fully saturated rings.